The molecule has 0 saturated carbocycles. The molecule has 0 fully saturated rings. The van der Waals surface area contributed by atoms with Crippen molar-refractivity contribution >= 4 is 0 Å². The molecule has 0 bridgehead atoms. The van der Waals surface area contributed by atoms with Gasteiger partial charge in [-0.15, -0.1) is 0 Å². The minimum absolute atomic E-state index is 0. The van der Waals surface area contributed by atoms with Gasteiger partial charge in [0, 0.05) is 0 Å². The molecule has 20 heavy (non-hydrogen) atoms. The summed E-state index contributed by atoms with van der Waals surface area (Å²) in [7, 11) is 8.43. The third-order valence-electron chi connectivity index (χ3n) is 1.21. The van der Waals surface area contributed by atoms with E-state index in [0.717, 1.165) is 0 Å². The van der Waals surface area contributed by atoms with Crippen molar-refractivity contribution in [2.24, 2.45) is 0 Å². The van der Waals surface area contributed by atoms with E-state index >= 15 is 0 Å². The van der Waals surface area contributed by atoms with Crippen LogP contribution in [0.5, 0.6) is 0 Å². The van der Waals surface area contributed by atoms with Crippen LogP contribution in [0.15, 0.2) is 0 Å². The molecule has 0 aromatic heterocycles. The van der Waals surface area contributed by atoms with Gasteiger partial charge in [0.05, 0.1) is 0 Å². The fraction of sp³-hybridized carbons (Fsp3) is 0.583. The second kappa shape index (κ2) is 89.8. The van der Waals surface area contributed by atoms with E-state index in [9.17, 15) is 0 Å². The molecule has 8 heteroatoms. The van der Waals surface area contributed by atoms with Crippen LogP contribution in [0.25, 0.3) is 0 Å². The summed E-state index contributed by atoms with van der Waals surface area (Å²) in [4.78, 5) is 4.42. The standard InChI is InChI=1S/C7H18N2.5CN.Fe/c1-8(2)6-5-7-9(3)4;5*1-2;/h5-7H2,1-4H3;;;;;;/q;5*-1;+5. The summed E-state index contributed by atoms with van der Waals surface area (Å²) in [6.45, 7) is 26.1. The van der Waals surface area contributed by atoms with E-state index in [0.29, 0.717) is 0 Å². The summed E-state index contributed by atoms with van der Waals surface area (Å²) in [5, 5.41) is 31.2. The van der Waals surface area contributed by atoms with E-state index in [1.165, 1.54) is 19.5 Å². The average Bonchev–Trinajstić information content (AvgIpc) is 2.49. The van der Waals surface area contributed by atoms with Crippen molar-refractivity contribution in [1.29, 1.82) is 26.3 Å². The van der Waals surface area contributed by atoms with Crippen molar-refractivity contribution in [2.45, 2.75) is 6.42 Å². The molecule has 0 atom stereocenters. The molecule has 0 N–H and O–H groups in total. The largest absolute Gasteiger partial charge is 5.00 e. The Morgan fingerprint density at radius 2 is 0.700 bits per heavy atom. The van der Waals surface area contributed by atoms with Crippen LogP contribution >= 0.6 is 0 Å². The average molecular weight is 316 g/mol. The van der Waals surface area contributed by atoms with Gasteiger partial charge in [-0.3, -0.25) is 0 Å². The molecule has 0 aliphatic rings. The quantitative estimate of drug-likeness (QED) is 0.559. The Morgan fingerprint density at radius 3 is 0.800 bits per heavy atom. The van der Waals surface area contributed by atoms with E-state index in [-0.39, 0.29) is 17.1 Å². The molecule has 0 aromatic carbocycles. The summed E-state index contributed by atoms with van der Waals surface area (Å²) in [6, 6.07) is 0. The predicted octanol–water partition coefficient (Wildman–Crippen LogP) is 0.979. The number of rotatable bonds is 4. The molecular weight excluding hydrogens is 298 g/mol. The maximum atomic E-state index is 6.25. The van der Waals surface area contributed by atoms with Crippen LogP contribution in [-0.2, 0) is 17.1 Å². The topological polar surface area (TPSA) is 125 Å². The smallest absolute Gasteiger partial charge is 0.512 e. The van der Waals surface area contributed by atoms with Crippen LogP contribution in [0.1, 0.15) is 6.42 Å². The van der Waals surface area contributed by atoms with Crippen LogP contribution in [0.4, 0.5) is 0 Å². The van der Waals surface area contributed by atoms with Gasteiger partial charge in [0.25, 0.3) is 0 Å². The van der Waals surface area contributed by atoms with Crippen molar-refractivity contribution < 1.29 is 17.1 Å². The Hall–Kier alpha value is -2.11. The molecule has 0 saturated heterocycles. The van der Waals surface area contributed by atoms with E-state index in [1.807, 2.05) is 0 Å². The first-order chi connectivity index (χ1) is 9.13. The van der Waals surface area contributed by atoms with Crippen molar-refractivity contribution in [3.8, 4) is 0 Å². The Balaban J connectivity index is -0.0000000261. The van der Waals surface area contributed by atoms with Gasteiger partial charge in [-0.2, -0.15) is 0 Å². The molecule has 109 valence electrons. The first-order valence-electron chi connectivity index (χ1n) is 4.54. The Labute approximate surface area is 134 Å². The summed E-state index contributed by atoms with van der Waals surface area (Å²) < 4.78 is 0. The van der Waals surface area contributed by atoms with Gasteiger partial charge in [-0.05, 0) is 47.7 Å². The van der Waals surface area contributed by atoms with Crippen LogP contribution in [0, 0.1) is 59.2 Å². The molecule has 0 aliphatic carbocycles. The Morgan fingerprint density at radius 1 is 0.550 bits per heavy atom. The summed E-state index contributed by atoms with van der Waals surface area (Å²) in [6.07, 6.45) is 1.26. The van der Waals surface area contributed by atoms with Gasteiger partial charge in [-0.1, -0.05) is 0 Å². The fourth-order valence-corrected chi connectivity index (χ4v) is 0.703. The Bertz CT molecular complexity index is 173. The molecule has 0 rings (SSSR count). The molecule has 0 amide bonds. The third kappa shape index (κ3) is 233. The Kier molecular flexibility index (Phi) is 193. The maximum absolute atomic E-state index is 6.25. The van der Waals surface area contributed by atoms with E-state index < -0.39 is 0 Å². The van der Waals surface area contributed by atoms with Crippen LogP contribution in [0.2, 0.25) is 0 Å². The monoisotopic (exact) mass is 316 g/mol. The van der Waals surface area contributed by atoms with Gasteiger partial charge < -0.3 is 69.0 Å². The fourth-order valence-electron chi connectivity index (χ4n) is 0.703. The van der Waals surface area contributed by atoms with Crippen molar-refractivity contribution in [2.75, 3.05) is 41.3 Å². The van der Waals surface area contributed by atoms with E-state index in [1.54, 1.807) is 0 Å². The van der Waals surface area contributed by atoms with E-state index in [2.05, 4.69) is 38.0 Å². The van der Waals surface area contributed by atoms with Crippen LogP contribution < -0.4 is 0 Å². The van der Waals surface area contributed by atoms with Gasteiger partial charge in [0.2, 0.25) is 0 Å². The first-order valence-corrected chi connectivity index (χ1v) is 4.54. The van der Waals surface area contributed by atoms with Crippen molar-refractivity contribution in [3.05, 3.63) is 32.9 Å². The molecule has 0 unspecified atom stereocenters. The van der Waals surface area contributed by atoms with E-state index in [4.69, 9.17) is 59.2 Å². The summed E-state index contributed by atoms with van der Waals surface area (Å²) in [5.41, 5.74) is 0. The van der Waals surface area contributed by atoms with Gasteiger partial charge >= 0.3 is 17.1 Å². The molecule has 0 aliphatic heterocycles. The molecule has 0 spiro atoms. The van der Waals surface area contributed by atoms with Crippen molar-refractivity contribution in [1.82, 2.24) is 9.80 Å². The zero-order valence-corrected chi connectivity index (χ0v) is 13.2. The molecular formula is C12H18FeN7. The van der Waals surface area contributed by atoms with Gasteiger partial charge in [-0.25, -0.2) is 0 Å². The minimum atomic E-state index is 0. The zero-order chi connectivity index (χ0) is 17.3. The molecule has 0 aromatic rings. The second-order valence-electron chi connectivity index (χ2n) is 2.96. The predicted molar refractivity (Wildman–Crippen MR) is 66.6 cm³/mol. The third-order valence-corrected chi connectivity index (χ3v) is 1.21. The molecule has 1 radical (unpaired) electrons. The summed E-state index contributed by atoms with van der Waals surface area (Å²) in [5.74, 6) is 0. The summed E-state index contributed by atoms with van der Waals surface area (Å²) >= 11 is 0. The minimum Gasteiger partial charge on any atom is -0.512 e. The number of hydrogen-bond acceptors (Lipinski definition) is 7. The number of nitrogens with zero attached hydrogens (tertiary/aromatic N) is 7. The van der Waals surface area contributed by atoms with Crippen LogP contribution in [-0.4, -0.2) is 51.1 Å². The molecule has 7 nitrogen and oxygen atoms in total. The maximum Gasteiger partial charge on any atom is 5.00 e. The SMILES string of the molecule is CN(C)CCCN(C)C.[C-]#N.[C-]#N.[C-]#N.[C-]#N.[C-]#N.[Fe+5]. The normalized spacial score (nSPS) is 5.60. The zero-order valence-electron chi connectivity index (χ0n) is 12.1. The van der Waals surface area contributed by atoms with Gasteiger partial charge in [0.15, 0.2) is 0 Å². The second-order valence-corrected chi connectivity index (χ2v) is 2.96. The first kappa shape index (κ1) is 43.0. The molecule has 0 heterocycles. The van der Waals surface area contributed by atoms with Gasteiger partial charge in [0.1, 0.15) is 0 Å². The van der Waals surface area contributed by atoms with Crippen LogP contribution in [0.3, 0.4) is 0 Å². The number of hydrogen-bond donors (Lipinski definition) is 0. The van der Waals surface area contributed by atoms with Crippen molar-refractivity contribution in [3.63, 3.8) is 0 Å².